The van der Waals surface area contributed by atoms with E-state index < -0.39 is 0 Å². The summed E-state index contributed by atoms with van der Waals surface area (Å²) in [5.74, 6) is 0.953. The number of amidine groups is 1. The monoisotopic (exact) mass is 281 g/mol. The van der Waals surface area contributed by atoms with E-state index in [1.807, 2.05) is 18.2 Å². The molecule has 1 aliphatic carbocycles. The molecule has 1 saturated carbocycles. The lowest BCUT2D eigenvalue weighted by Crippen LogP contribution is -2.24. The molecule has 0 amide bonds. The minimum Gasteiger partial charge on any atom is -0.384 e. The second kappa shape index (κ2) is 4.45. The summed E-state index contributed by atoms with van der Waals surface area (Å²) in [6.45, 7) is 1.05. The number of anilines is 1. The van der Waals surface area contributed by atoms with Crippen LogP contribution in [0.1, 0.15) is 18.4 Å². The van der Waals surface area contributed by atoms with Gasteiger partial charge in [-0.15, -0.1) is 0 Å². The van der Waals surface area contributed by atoms with E-state index in [1.54, 1.807) is 0 Å². The van der Waals surface area contributed by atoms with E-state index in [0.29, 0.717) is 0 Å². The summed E-state index contributed by atoms with van der Waals surface area (Å²) in [7, 11) is 2.06. The maximum atomic E-state index is 7.57. The Hall–Kier alpha value is -1.03. The molecule has 0 aromatic heterocycles. The van der Waals surface area contributed by atoms with E-state index >= 15 is 0 Å². The Labute approximate surface area is 104 Å². The van der Waals surface area contributed by atoms with Gasteiger partial charge in [-0.05, 0) is 37.0 Å². The zero-order valence-electron chi connectivity index (χ0n) is 9.33. The minimum absolute atomic E-state index is 0.130. The summed E-state index contributed by atoms with van der Waals surface area (Å²) in [6.07, 6.45) is 2.65. The number of halogens is 1. The van der Waals surface area contributed by atoms with Crippen LogP contribution in [0.3, 0.4) is 0 Å². The van der Waals surface area contributed by atoms with Crippen LogP contribution >= 0.6 is 15.9 Å². The third-order valence-electron chi connectivity index (χ3n) is 2.89. The van der Waals surface area contributed by atoms with Gasteiger partial charge < -0.3 is 10.6 Å². The van der Waals surface area contributed by atoms with Crippen molar-refractivity contribution in [3.05, 3.63) is 28.2 Å². The van der Waals surface area contributed by atoms with E-state index in [4.69, 9.17) is 11.1 Å². The summed E-state index contributed by atoms with van der Waals surface area (Å²) in [6, 6.07) is 5.84. The van der Waals surface area contributed by atoms with Crippen molar-refractivity contribution in [2.45, 2.75) is 12.8 Å². The predicted octanol–water partition coefficient (Wildman–Crippen LogP) is 2.58. The Bertz CT molecular complexity index is 413. The largest absolute Gasteiger partial charge is 0.384 e. The maximum absolute atomic E-state index is 7.57. The molecular weight excluding hydrogens is 266 g/mol. The minimum atomic E-state index is 0.130. The molecule has 0 aliphatic heterocycles. The number of rotatable bonds is 4. The van der Waals surface area contributed by atoms with Gasteiger partial charge in [0, 0.05) is 29.3 Å². The van der Waals surface area contributed by atoms with Gasteiger partial charge in [0.2, 0.25) is 0 Å². The number of nitrogen functional groups attached to an aromatic ring is 1. The quantitative estimate of drug-likeness (QED) is 0.658. The Kier molecular flexibility index (Phi) is 3.19. The van der Waals surface area contributed by atoms with Gasteiger partial charge in [-0.2, -0.15) is 0 Å². The normalized spacial score (nSPS) is 14.9. The van der Waals surface area contributed by atoms with E-state index in [0.717, 1.165) is 28.2 Å². The molecule has 0 spiro atoms. The zero-order valence-corrected chi connectivity index (χ0v) is 10.9. The summed E-state index contributed by atoms with van der Waals surface area (Å²) < 4.78 is 1.02. The predicted molar refractivity (Wildman–Crippen MR) is 71.2 cm³/mol. The molecule has 4 heteroatoms. The molecule has 0 atom stereocenters. The number of hydrogen-bond acceptors (Lipinski definition) is 2. The first-order valence-corrected chi connectivity index (χ1v) is 6.22. The van der Waals surface area contributed by atoms with Crippen LogP contribution in [0.15, 0.2) is 22.7 Å². The Balaban J connectivity index is 2.27. The Morgan fingerprint density at radius 1 is 1.56 bits per heavy atom. The lowest BCUT2D eigenvalue weighted by Gasteiger charge is -2.22. The van der Waals surface area contributed by atoms with Crippen LogP contribution in [0, 0.1) is 11.3 Å². The second-order valence-electron chi connectivity index (χ2n) is 4.40. The van der Waals surface area contributed by atoms with Crippen molar-refractivity contribution in [1.29, 1.82) is 5.41 Å². The molecule has 0 unspecified atom stereocenters. The highest BCUT2D eigenvalue weighted by Gasteiger charge is 2.24. The fraction of sp³-hybridized carbons (Fsp3) is 0.417. The molecule has 1 aromatic carbocycles. The third kappa shape index (κ3) is 2.55. The van der Waals surface area contributed by atoms with E-state index in [1.165, 1.54) is 12.8 Å². The van der Waals surface area contributed by atoms with E-state index in [9.17, 15) is 0 Å². The average Bonchev–Trinajstić information content (AvgIpc) is 3.01. The van der Waals surface area contributed by atoms with Gasteiger partial charge in [-0.3, -0.25) is 5.41 Å². The Morgan fingerprint density at radius 2 is 2.25 bits per heavy atom. The lowest BCUT2D eigenvalue weighted by atomic mass is 10.1. The summed E-state index contributed by atoms with van der Waals surface area (Å²) >= 11 is 3.46. The number of nitrogens with zero attached hydrogens (tertiary/aromatic N) is 1. The van der Waals surface area contributed by atoms with Crippen molar-refractivity contribution in [3.63, 3.8) is 0 Å². The van der Waals surface area contributed by atoms with Gasteiger partial charge in [-0.1, -0.05) is 15.9 Å². The smallest absolute Gasteiger partial charge is 0.124 e. The topological polar surface area (TPSA) is 53.1 Å². The molecule has 0 heterocycles. The zero-order chi connectivity index (χ0) is 11.7. The van der Waals surface area contributed by atoms with Gasteiger partial charge in [0.25, 0.3) is 0 Å². The summed E-state index contributed by atoms with van der Waals surface area (Å²) in [5.41, 5.74) is 7.44. The molecule has 16 heavy (non-hydrogen) atoms. The molecule has 3 nitrogen and oxygen atoms in total. The fourth-order valence-corrected chi connectivity index (χ4v) is 2.18. The first-order valence-electron chi connectivity index (χ1n) is 5.43. The number of nitrogens with one attached hydrogen (secondary N) is 1. The average molecular weight is 282 g/mol. The maximum Gasteiger partial charge on any atom is 0.124 e. The molecule has 1 aromatic rings. The highest BCUT2D eigenvalue weighted by Crippen LogP contribution is 2.32. The molecule has 1 fully saturated rings. The summed E-state index contributed by atoms with van der Waals surface area (Å²) in [5, 5.41) is 7.57. The van der Waals surface area contributed by atoms with Gasteiger partial charge in [-0.25, -0.2) is 0 Å². The standard InChI is InChI=1S/C12H16BrN3/c1-16(7-8-2-3-8)11-6-9(13)4-5-10(11)12(14)15/h4-6,8H,2-3,7H2,1H3,(H3,14,15). The molecule has 0 bridgehead atoms. The number of hydrogen-bond donors (Lipinski definition) is 2. The molecule has 3 N–H and O–H groups in total. The van der Waals surface area contributed by atoms with E-state index in [-0.39, 0.29) is 5.84 Å². The highest BCUT2D eigenvalue weighted by atomic mass is 79.9. The second-order valence-corrected chi connectivity index (χ2v) is 5.31. The van der Waals surface area contributed by atoms with Crippen molar-refractivity contribution in [2.75, 3.05) is 18.5 Å². The number of benzene rings is 1. The molecule has 2 rings (SSSR count). The van der Waals surface area contributed by atoms with Gasteiger partial charge in [0.05, 0.1) is 0 Å². The lowest BCUT2D eigenvalue weighted by molar-refractivity contribution is 0.786. The third-order valence-corrected chi connectivity index (χ3v) is 3.38. The van der Waals surface area contributed by atoms with Crippen LogP contribution in [-0.2, 0) is 0 Å². The van der Waals surface area contributed by atoms with Crippen LogP contribution in [0.2, 0.25) is 0 Å². The van der Waals surface area contributed by atoms with E-state index in [2.05, 4.69) is 27.9 Å². The first-order chi connectivity index (χ1) is 7.58. The van der Waals surface area contributed by atoms with Crippen molar-refractivity contribution in [3.8, 4) is 0 Å². The summed E-state index contributed by atoms with van der Waals surface area (Å²) in [4.78, 5) is 2.19. The van der Waals surface area contributed by atoms with Crippen LogP contribution in [0.25, 0.3) is 0 Å². The number of nitrogens with two attached hydrogens (primary N) is 1. The molecule has 0 radical (unpaired) electrons. The SMILES string of the molecule is CN(CC1CC1)c1cc(Br)ccc1C(=N)N. The van der Waals surface area contributed by atoms with Gasteiger partial charge in [0.15, 0.2) is 0 Å². The Morgan fingerprint density at radius 3 is 2.81 bits per heavy atom. The van der Waals surface area contributed by atoms with Crippen LogP contribution in [-0.4, -0.2) is 19.4 Å². The van der Waals surface area contributed by atoms with Crippen LogP contribution in [0.5, 0.6) is 0 Å². The highest BCUT2D eigenvalue weighted by molar-refractivity contribution is 9.10. The molecule has 0 saturated heterocycles. The first kappa shape index (κ1) is 11.5. The van der Waals surface area contributed by atoms with Crippen molar-refractivity contribution in [1.82, 2.24) is 0 Å². The molecular formula is C12H16BrN3. The van der Waals surface area contributed by atoms with Crippen LogP contribution in [0.4, 0.5) is 5.69 Å². The fourth-order valence-electron chi connectivity index (χ4n) is 1.83. The van der Waals surface area contributed by atoms with Crippen molar-refractivity contribution < 1.29 is 0 Å². The molecule has 86 valence electrons. The van der Waals surface area contributed by atoms with Crippen molar-refractivity contribution in [2.24, 2.45) is 11.7 Å². The molecule has 1 aliphatic rings. The van der Waals surface area contributed by atoms with Crippen LogP contribution < -0.4 is 10.6 Å². The van der Waals surface area contributed by atoms with Crippen molar-refractivity contribution >= 4 is 27.5 Å². The van der Waals surface area contributed by atoms with Gasteiger partial charge >= 0.3 is 0 Å². The van der Waals surface area contributed by atoms with Gasteiger partial charge in [0.1, 0.15) is 5.84 Å².